The molecule has 1 saturated heterocycles. The summed E-state index contributed by atoms with van der Waals surface area (Å²) < 4.78 is 8.26. The molecule has 0 spiro atoms. The van der Waals surface area contributed by atoms with Crippen LogP contribution in [0.1, 0.15) is 44.1 Å². The minimum atomic E-state index is -0.896. The second kappa shape index (κ2) is 9.39. The van der Waals surface area contributed by atoms with Gasteiger partial charge in [-0.25, -0.2) is 9.78 Å². The highest BCUT2D eigenvalue weighted by Gasteiger charge is 2.31. The fourth-order valence-corrected chi connectivity index (χ4v) is 5.64. The Hall–Kier alpha value is -2.90. The summed E-state index contributed by atoms with van der Waals surface area (Å²) in [7, 11) is 0. The van der Waals surface area contributed by atoms with Crippen molar-refractivity contribution in [1.82, 2.24) is 14.5 Å². The van der Waals surface area contributed by atoms with Crippen LogP contribution in [0.25, 0.3) is 11.0 Å². The molecule has 0 aliphatic carbocycles. The quantitative estimate of drug-likeness (QED) is 0.602. The van der Waals surface area contributed by atoms with Gasteiger partial charge >= 0.3 is 6.09 Å². The summed E-state index contributed by atoms with van der Waals surface area (Å²) >= 11 is 0. The molecule has 2 aliphatic rings. The number of nitrogens with zero attached hydrogens (tertiary/aromatic N) is 4. The van der Waals surface area contributed by atoms with Crippen molar-refractivity contribution in [1.29, 1.82) is 0 Å². The van der Waals surface area contributed by atoms with Gasteiger partial charge < -0.3 is 14.4 Å². The lowest BCUT2D eigenvalue weighted by Gasteiger charge is -2.35. The molecule has 1 unspecified atom stereocenters. The van der Waals surface area contributed by atoms with Crippen molar-refractivity contribution in [3.8, 4) is 0 Å². The Balaban J connectivity index is 1.53. The predicted octanol–water partition coefficient (Wildman–Crippen LogP) is 4.56. The number of aromatic nitrogens is 2. The lowest BCUT2D eigenvalue weighted by Crippen LogP contribution is -2.46. The van der Waals surface area contributed by atoms with E-state index in [2.05, 4.69) is 53.6 Å². The summed E-state index contributed by atoms with van der Waals surface area (Å²) in [5.41, 5.74) is 5.11. The number of fused-ring (bicyclic) bond motifs is 3. The number of hydrogen-bond acceptors (Lipinski definition) is 4. The number of aryl methyl sites for hydroxylation is 1. The van der Waals surface area contributed by atoms with Gasteiger partial charge in [-0.15, -0.1) is 0 Å². The number of anilines is 1. The number of rotatable bonds is 5. The topological polar surface area (TPSA) is 70.8 Å². The molecule has 7 nitrogen and oxygen atoms in total. The molecule has 1 fully saturated rings. The van der Waals surface area contributed by atoms with Crippen LogP contribution < -0.4 is 4.90 Å². The third-order valence-electron chi connectivity index (χ3n) is 7.14. The van der Waals surface area contributed by atoms with E-state index in [1.54, 1.807) is 0 Å². The van der Waals surface area contributed by atoms with Gasteiger partial charge in [0.05, 0.1) is 28.9 Å². The highest BCUT2D eigenvalue weighted by molar-refractivity contribution is 5.94. The molecule has 3 aromatic rings. The van der Waals surface area contributed by atoms with Gasteiger partial charge in [-0.2, -0.15) is 0 Å². The molecule has 5 rings (SSSR count). The first kappa shape index (κ1) is 22.9. The molecule has 3 heterocycles. The van der Waals surface area contributed by atoms with E-state index >= 15 is 0 Å². The van der Waals surface area contributed by atoms with Crippen molar-refractivity contribution in [2.45, 2.75) is 64.8 Å². The molecule has 1 N–H and O–H groups in total. The smallest absolute Gasteiger partial charge is 0.412 e. The SMILES string of the molecule is CC1CCc2c(ccc3c2nc(Cc2ccccc2)n3CCN2C[C@H](C)O[C@@H](C)C2)N1C(=O)O. The number of carboxylic acid groups (broad SMARTS) is 1. The molecule has 1 amide bonds. The van der Waals surface area contributed by atoms with E-state index in [0.717, 1.165) is 73.6 Å². The van der Waals surface area contributed by atoms with Crippen LogP contribution in [0, 0.1) is 0 Å². The summed E-state index contributed by atoms with van der Waals surface area (Å²) in [4.78, 5) is 21.1. The molecule has 0 radical (unpaired) electrons. The van der Waals surface area contributed by atoms with Gasteiger partial charge in [-0.05, 0) is 51.3 Å². The molecular weight excluding hydrogens is 428 g/mol. The zero-order chi connectivity index (χ0) is 23.8. The monoisotopic (exact) mass is 462 g/mol. The Labute approximate surface area is 200 Å². The molecule has 2 aromatic carbocycles. The van der Waals surface area contributed by atoms with Crippen LogP contribution in [0.5, 0.6) is 0 Å². The lowest BCUT2D eigenvalue weighted by molar-refractivity contribution is -0.0685. The molecule has 0 saturated carbocycles. The van der Waals surface area contributed by atoms with E-state index in [0.29, 0.717) is 0 Å². The number of ether oxygens (including phenoxy) is 1. The first-order valence-electron chi connectivity index (χ1n) is 12.4. The number of morpholine rings is 1. The standard InChI is InChI=1S/C27H34N4O3/c1-18-9-10-22-23(31(18)27(32)33)11-12-24-26(22)28-25(15-21-7-5-4-6-8-21)30(24)14-13-29-16-19(2)34-20(3)17-29/h4-8,11-12,18-20H,9-10,13-17H2,1-3H3,(H,32,33)/t18?,19-,20-/m0/s1. The van der Waals surface area contributed by atoms with Crippen LogP contribution in [-0.2, 0) is 24.1 Å². The molecule has 34 heavy (non-hydrogen) atoms. The number of carbonyl (C=O) groups is 1. The Morgan fingerprint density at radius 1 is 1.06 bits per heavy atom. The molecule has 1 aromatic heterocycles. The number of hydrogen-bond donors (Lipinski definition) is 1. The largest absolute Gasteiger partial charge is 0.465 e. The van der Waals surface area contributed by atoms with Gasteiger partial charge in [0.2, 0.25) is 0 Å². The average Bonchev–Trinajstić information content (AvgIpc) is 3.14. The second-order valence-electron chi connectivity index (χ2n) is 9.83. The van der Waals surface area contributed by atoms with Gasteiger partial charge in [0.1, 0.15) is 5.82 Å². The Morgan fingerprint density at radius 3 is 2.50 bits per heavy atom. The fraction of sp³-hybridized carbons (Fsp3) is 0.481. The minimum absolute atomic E-state index is 0.0291. The van der Waals surface area contributed by atoms with Crippen LogP contribution in [0.4, 0.5) is 10.5 Å². The predicted molar refractivity (Wildman–Crippen MR) is 134 cm³/mol. The van der Waals surface area contributed by atoms with Crippen molar-refractivity contribution in [2.75, 3.05) is 24.5 Å². The van der Waals surface area contributed by atoms with E-state index in [4.69, 9.17) is 9.72 Å². The molecule has 2 aliphatic heterocycles. The van der Waals surface area contributed by atoms with E-state index in [9.17, 15) is 9.90 Å². The summed E-state index contributed by atoms with van der Waals surface area (Å²) in [5.74, 6) is 1.03. The summed E-state index contributed by atoms with van der Waals surface area (Å²) in [6.07, 6.45) is 1.98. The minimum Gasteiger partial charge on any atom is -0.465 e. The van der Waals surface area contributed by atoms with Crippen molar-refractivity contribution >= 4 is 22.8 Å². The number of benzene rings is 2. The van der Waals surface area contributed by atoms with E-state index in [1.165, 1.54) is 10.5 Å². The fourth-order valence-electron chi connectivity index (χ4n) is 5.64. The average molecular weight is 463 g/mol. The second-order valence-corrected chi connectivity index (χ2v) is 9.83. The Bertz CT molecular complexity index is 1170. The van der Waals surface area contributed by atoms with Gasteiger partial charge in [0.25, 0.3) is 0 Å². The highest BCUT2D eigenvalue weighted by atomic mass is 16.5. The lowest BCUT2D eigenvalue weighted by atomic mass is 9.96. The van der Waals surface area contributed by atoms with Gasteiger partial charge in [0, 0.05) is 44.2 Å². The van der Waals surface area contributed by atoms with Crippen LogP contribution in [0.2, 0.25) is 0 Å². The van der Waals surface area contributed by atoms with Crippen LogP contribution in [0.15, 0.2) is 42.5 Å². The van der Waals surface area contributed by atoms with Gasteiger partial charge in [-0.1, -0.05) is 30.3 Å². The Kier molecular flexibility index (Phi) is 6.32. The van der Waals surface area contributed by atoms with Gasteiger partial charge in [0.15, 0.2) is 0 Å². The normalized spacial score (nSPS) is 23.3. The molecular formula is C27H34N4O3. The maximum absolute atomic E-state index is 12.0. The number of imidazole rings is 1. The third kappa shape index (κ3) is 4.42. The molecule has 180 valence electrons. The van der Waals surface area contributed by atoms with Crippen molar-refractivity contribution < 1.29 is 14.6 Å². The van der Waals surface area contributed by atoms with Crippen molar-refractivity contribution in [3.05, 3.63) is 59.4 Å². The van der Waals surface area contributed by atoms with E-state index in [1.807, 2.05) is 19.1 Å². The zero-order valence-electron chi connectivity index (χ0n) is 20.3. The van der Waals surface area contributed by atoms with Crippen molar-refractivity contribution in [2.24, 2.45) is 0 Å². The highest BCUT2D eigenvalue weighted by Crippen LogP contribution is 2.36. The summed E-state index contributed by atoms with van der Waals surface area (Å²) in [5, 5.41) is 9.84. The Morgan fingerprint density at radius 2 is 1.79 bits per heavy atom. The summed E-state index contributed by atoms with van der Waals surface area (Å²) in [6.45, 7) is 9.90. The van der Waals surface area contributed by atoms with E-state index < -0.39 is 6.09 Å². The number of amides is 1. The molecule has 0 bridgehead atoms. The molecule has 3 atom stereocenters. The first-order valence-corrected chi connectivity index (χ1v) is 12.4. The van der Waals surface area contributed by atoms with Crippen LogP contribution in [0.3, 0.4) is 0 Å². The zero-order valence-corrected chi connectivity index (χ0v) is 20.3. The van der Waals surface area contributed by atoms with Gasteiger partial charge in [-0.3, -0.25) is 9.80 Å². The summed E-state index contributed by atoms with van der Waals surface area (Å²) in [6, 6.07) is 14.4. The maximum Gasteiger partial charge on any atom is 0.412 e. The van der Waals surface area contributed by atoms with Crippen LogP contribution >= 0.6 is 0 Å². The molecule has 7 heteroatoms. The van der Waals surface area contributed by atoms with Crippen LogP contribution in [-0.4, -0.2) is 63.5 Å². The maximum atomic E-state index is 12.0. The third-order valence-corrected chi connectivity index (χ3v) is 7.14. The first-order chi connectivity index (χ1) is 16.4. The van der Waals surface area contributed by atoms with E-state index in [-0.39, 0.29) is 18.2 Å². The van der Waals surface area contributed by atoms with Crippen molar-refractivity contribution in [3.63, 3.8) is 0 Å².